The molecule has 1 aromatic rings. The van der Waals surface area contributed by atoms with Crippen LogP contribution < -0.4 is 5.32 Å². The second-order valence-corrected chi connectivity index (χ2v) is 5.10. The number of hydrogen-bond donors (Lipinski definition) is 1. The average molecular weight is 201 g/mol. The highest BCUT2D eigenvalue weighted by Crippen LogP contribution is 2.40. The zero-order valence-corrected chi connectivity index (χ0v) is 9.15. The van der Waals surface area contributed by atoms with Crippen LogP contribution in [0.3, 0.4) is 0 Å². The maximum Gasteiger partial charge on any atom is -0.00171 e. The van der Waals surface area contributed by atoms with Crippen LogP contribution in [0.15, 0.2) is 30.3 Å². The molecule has 1 saturated heterocycles. The van der Waals surface area contributed by atoms with E-state index < -0.39 is 0 Å². The molecule has 1 unspecified atom stereocenters. The van der Waals surface area contributed by atoms with Crippen molar-refractivity contribution in [3.63, 3.8) is 0 Å². The van der Waals surface area contributed by atoms with E-state index in [0.717, 1.165) is 17.8 Å². The number of hydrogen-bond acceptors (Lipinski definition) is 1. The normalized spacial score (nSPS) is 35.1. The van der Waals surface area contributed by atoms with Gasteiger partial charge in [0.15, 0.2) is 0 Å². The first kappa shape index (κ1) is 9.41. The van der Waals surface area contributed by atoms with Gasteiger partial charge < -0.3 is 5.32 Å². The van der Waals surface area contributed by atoms with E-state index in [0.29, 0.717) is 0 Å². The molecule has 0 bridgehead atoms. The second-order valence-electron chi connectivity index (χ2n) is 5.10. The van der Waals surface area contributed by atoms with Crippen molar-refractivity contribution in [2.24, 2.45) is 11.8 Å². The first-order chi connectivity index (χ1) is 7.43. The largest absolute Gasteiger partial charge is 0.316 e. The van der Waals surface area contributed by atoms with E-state index in [-0.39, 0.29) is 0 Å². The van der Waals surface area contributed by atoms with E-state index >= 15 is 0 Å². The molecule has 3 rings (SSSR count). The van der Waals surface area contributed by atoms with E-state index in [9.17, 15) is 0 Å². The number of fused-ring (bicyclic) bond motifs is 1. The smallest absolute Gasteiger partial charge is 0.00171 e. The molecular weight excluding hydrogens is 182 g/mol. The Balaban J connectivity index is 1.74. The van der Waals surface area contributed by atoms with Gasteiger partial charge in [0, 0.05) is 0 Å². The summed E-state index contributed by atoms with van der Waals surface area (Å²) in [6.07, 6.45) is 4.23. The molecule has 1 heterocycles. The zero-order valence-electron chi connectivity index (χ0n) is 9.15. The van der Waals surface area contributed by atoms with Crippen molar-refractivity contribution in [3.8, 4) is 0 Å². The summed E-state index contributed by atoms with van der Waals surface area (Å²) >= 11 is 0. The van der Waals surface area contributed by atoms with Crippen molar-refractivity contribution in [1.29, 1.82) is 0 Å². The minimum atomic E-state index is 0.826. The molecule has 80 valence electrons. The van der Waals surface area contributed by atoms with Crippen LogP contribution in [0.4, 0.5) is 0 Å². The Bertz CT molecular complexity index is 319. The van der Waals surface area contributed by atoms with E-state index in [1.807, 2.05) is 0 Å². The maximum atomic E-state index is 3.54. The fraction of sp³-hybridized carbons (Fsp3) is 0.571. The molecule has 15 heavy (non-hydrogen) atoms. The van der Waals surface area contributed by atoms with Gasteiger partial charge in [-0.15, -0.1) is 0 Å². The molecule has 1 aliphatic heterocycles. The Morgan fingerprint density at radius 1 is 0.933 bits per heavy atom. The molecular formula is C14H19N. The fourth-order valence-corrected chi connectivity index (χ4v) is 3.33. The SMILES string of the molecule is c1ccc(C2CC[C@H]3CNC[C@H]3C2)cc1. The molecule has 3 atom stereocenters. The van der Waals surface area contributed by atoms with Gasteiger partial charge in [-0.1, -0.05) is 30.3 Å². The predicted octanol–water partition coefficient (Wildman–Crippen LogP) is 2.79. The Morgan fingerprint density at radius 2 is 1.73 bits per heavy atom. The van der Waals surface area contributed by atoms with Gasteiger partial charge in [0.2, 0.25) is 0 Å². The van der Waals surface area contributed by atoms with Gasteiger partial charge in [-0.3, -0.25) is 0 Å². The first-order valence-electron chi connectivity index (χ1n) is 6.19. The molecule has 1 heteroatoms. The standard InChI is InChI=1S/C14H19N/c1-2-4-11(5-3-1)12-6-7-13-9-15-10-14(13)8-12/h1-5,12-15H,6-10H2/t12?,13-,14+/m0/s1. The summed E-state index contributed by atoms with van der Waals surface area (Å²) < 4.78 is 0. The highest BCUT2D eigenvalue weighted by atomic mass is 14.9. The van der Waals surface area contributed by atoms with Crippen LogP contribution in [-0.2, 0) is 0 Å². The van der Waals surface area contributed by atoms with Crippen molar-refractivity contribution < 1.29 is 0 Å². The number of nitrogens with one attached hydrogen (secondary N) is 1. The van der Waals surface area contributed by atoms with Crippen LogP contribution in [-0.4, -0.2) is 13.1 Å². The summed E-state index contributed by atoms with van der Waals surface area (Å²) in [5.74, 6) is 2.75. The van der Waals surface area contributed by atoms with Crippen LogP contribution in [0.1, 0.15) is 30.7 Å². The van der Waals surface area contributed by atoms with E-state index in [4.69, 9.17) is 0 Å². The van der Waals surface area contributed by atoms with Gasteiger partial charge >= 0.3 is 0 Å². The van der Waals surface area contributed by atoms with Gasteiger partial charge in [-0.25, -0.2) is 0 Å². The lowest BCUT2D eigenvalue weighted by Gasteiger charge is -2.31. The molecule has 1 saturated carbocycles. The third-order valence-electron chi connectivity index (χ3n) is 4.22. The third-order valence-corrected chi connectivity index (χ3v) is 4.22. The molecule has 1 aliphatic carbocycles. The first-order valence-corrected chi connectivity index (χ1v) is 6.19. The molecule has 0 amide bonds. The summed E-state index contributed by atoms with van der Waals surface area (Å²) in [6, 6.07) is 11.1. The minimum Gasteiger partial charge on any atom is -0.316 e. The van der Waals surface area contributed by atoms with E-state index in [1.54, 1.807) is 5.56 Å². The summed E-state index contributed by atoms with van der Waals surface area (Å²) in [7, 11) is 0. The lowest BCUT2D eigenvalue weighted by Crippen LogP contribution is -2.22. The highest BCUT2D eigenvalue weighted by molar-refractivity contribution is 5.20. The summed E-state index contributed by atoms with van der Waals surface area (Å²) in [4.78, 5) is 0. The lowest BCUT2D eigenvalue weighted by atomic mass is 9.73. The molecule has 0 radical (unpaired) electrons. The number of benzene rings is 1. The van der Waals surface area contributed by atoms with Crippen LogP contribution in [0, 0.1) is 11.8 Å². The number of rotatable bonds is 1. The van der Waals surface area contributed by atoms with Crippen molar-refractivity contribution in [2.45, 2.75) is 25.2 Å². The third kappa shape index (κ3) is 1.81. The van der Waals surface area contributed by atoms with Gasteiger partial charge in [-0.2, -0.15) is 0 Å². The maximum absolute atomic E-state index is 3.54. The Labute approximate surface area is 91.9 Å². The van der Waals surface area contributed by atoms with Gasteiger partial charge in [-0.05, 0) is 55.7 Å². The molecule has 0 spiro atoms. The molecule has 1 aromatic carbocycles. The summed E-state index contributed by atoms with van der Waals surface area (Å²) in [6.45, 7) is 2.53. The average Bonchev–Trinajstić information content (AvgIpc) is 2.77. The molecule has 2 fully saturated rings. The monoisotopic (exact) mass is 201 g/mol. The molecule has 2 aliphatic rings. The molecule has 1 N–H and O–H groups in total. The van der Waals surface area contributed by atoms with Crippen molar-refractivity contribution in [1.82, 2.24) is 5.32 Å². The van der Waals surface area contributed by atoms with Crippen molar-refractivity contribution >= 4 is 0 Å². The fourth-order valence-electron chi connectivity index (χ4n) is 3.33. The minimum absolute atomic E-state index is 0.826. The van der Waals surface area contributed by atoms with Crippen molar-refractivity contribution in [2.75, 3.05) is 13.1 Å². The van der Waals surface area contributed by atoms with Crippen LogP contribution in [0.2, 0.25) is 0 Å². The van der Waals surface area contributed by atoms with Gasteiger partial charge in [0.05, 0.1) is 0 Å². The predicted molar refractivity (Wildman–Crippen MR) is 62.9 cm³/mol. The Morgan fingerprint density at radius 3 is 2.60 bits per heavy atom. The van der Waals surface area contributed by atoms with Gasteiger partial charge in [0.25, 0.3) is 0 Å². The topological polar surface area (TPSA) is 12.0 Å². The Kier molecular flexibility index (Phi) is 2.49. The van der Waals surface area contributed by atoms with E-state index in [2.05, 4.69) is 35.6 Å². The highest BCUT2D eigenvalue weighted by Gasteiger charge is 2.33. The lowest BCUT2D eigenvalue weighted by molar-refractivity contribution is 0.270. The second kappa shape index (κ2) is 3.97. The van der Waals surface area contributed by atoms with E-state index in [1.165, 1.54) is 32.4 Å². The quantitative estimate of drug-likeness (QED) is 0.736. The molecule has 1 nitrogen and oxygen atoms in total. The van der Waals surface area contributed by atoms with Crippen molar-refractivity contribution in [3.05, 3.63) is 35.9 Å². The molecule has 0 aromatic heterocycles. The van der Waals surface area contributed by atoms with Crippen LogP contribution in [0.5, 0.6) is 0 Å². The van der Waals surface area contributed by atoms with Crippen LogP contribution >= 0.6 is 0 Å². The summed E-state index contributed by atoms with van der Waals surface area (Å²) in [5, 5.41) is 3.54. The zero-order chi connectivity index (χ0) is 10.1. The Hall–Kier alpha value is -0.820. The summed E-state index contributed by atoms with van der Waals surface area (Å²) in [5.41, 5.74) is 1.56. The van der Waals surface area contributed by atoms with Gasteiger partial charge in [0.1, 0.15) is 0 Å². The van der Waals surface area contributed by atoms with Crippen LogP contribution in [0.25, 0.3) is 0 Å².